The zero-order valence-electron chi connectivity index (χ0n) is 16.2. The van der Waals surface area contributed by atoms with Gasteiger partial charge in [-0.15, -0.1) is 0 Å². The monoisotopic (exact) mass is 412 g/mol. The first-order chi connectivity index (χ1) is 12.5. The molecule has 5 nitrogen and oxygen atoms in total. The Hall–Kier alpha value is -1.72. The summed E-state index contributed by atoms with van der Waals surface area (Å²) in [6.07, 6.45) is 0.684. The molecule has 1 fully saturated rings. The third-order valence-electron chi connectivity index (χ3n) is 5.21. The van der Waals surface area contributed by atoms with Gasteiger partial charge < -0.3 is 10.1 Å². The average molecular weight is 413 g/mol. The Labute approximate surface area is 170 Å². The van der Waals surface area contributed by atoms with Gasteiger partial charge in [-0.05, 0) is 55.4 Å². The third kappa shape index (κ3) is 5.39. The van der Waals surface area contributed by atoms with E-state index in [0.29, 0.717) is 5.69 Å². The molecule has 1 aliphatic rings. The SMILES string of the molecule is Cc1cccc(NC(=O)OC(C)CNC(=O)C2C(C=C(Cl)Cl)C2(C)C)c1C. The maximum atomic E-state index is 12.4. The van der Waals surface area contributed by atoms with E-state index in [1.165, 1.54) is 0 Å². The number of allylic oxidation sites excluding steroid dienone is 1. The Bertz CT molecular complexity index is 758. The molecule has 3 atom stereocenters. The smallest absolute Gasteiger partial charge is 0.411 e. The number of amides is 2. The number of nitrogens with one attached hydrogen (secondary N) is 2. The van der Waals surface area contributed by atoms with Crippen LogP contribution < -0.4 is 10.6 Å². The molecule has 1 aliphatic carbocycles. The Morgan fingerprint density at radius 1 is 1.30 bits per heavy atom. The maximum absolute atomic E-state index is 12.4. The van der Waals surface area contributed by atoms with Crippen LogP contribution in [-0.4, -0.2) is 24.6 Å². The maximum Gasteiger partial charge on any atom is 0.411 e. The molecule has 1 aromatic rings. The van der Waals surface area contributed by atoms with Crippen LogP contribution in [0.5, 0.6) is 0 Å². The molecule has 0 bridgehead atoms. The van der Waals surface area contributed by atoms with E-state index in [9.17, 15) is 9.59 Å². The van der Waals surface area contributed by atoms with Crippen LogP contribution in [0.4, 0.5) is 10.5 Å². The topological polar surface area (TPSA) is 67.4 Å². The lowest BCUT2D eigenvalue weighted by Gasteiger charge is -2.16. The molecule has 2 amide bonds. The second-order valence-corrected chi connectivity index (χ2v) is 8.62. The second kappa shape index (κ2) is 8.53. The summed E-state index contributed by atoms with van der Waals surface area (Å²) in [5.41, 5.74) is 2.59. The second-order valence-electron chi connectivity index (χ2n) is 7.61. The quantitative estimate of drug-likeness (QED) is 0.694. The highest BCUT2D eigenvalue weighted by atomic mass is 35.5. The number of ether oxygens (including phenoxy) is 1. The standard InChI is InChI=1S/C20H26Cl2N2O3/c1-11-7-6-8-15(13(11)3)24-19(26)27-12(2)10-23-18(25)17-14(9-16(21)22)20(17,4)5/h6-9,12,14,17H,10H2,1-5H3,(H,23,25)(H,24,26). The van der Waals surface area contributed by atoms with Gasteiger partial charge in [0.2, 0.25) is 5.91 Å². The zero-order valence-corrected chi connectivity index (χ0v) is 17.7. The van der Waals surface area contributed by atoms with Gasteiger partial charge in [0.1, 0.15) is 10.6 Å². The van der Waals surface area contributed by atoms with Gasteiger partial charge in [0.05, 0.1) is 12.5 Å². The van der Waals surface area contributed by atoms with Crippen molar-refractivity contribution in [3.63, 3.8) is 0 Å². The van der Waals surface area contributed by atoms with Gasteiger partial charge >= 0.3 is 6.09 Å². The molecule has 3 unspecified atom stereocenters. The lowest BCUT2D eigenvalue weighted by atomic mass is 10.1. The van der Waals surface area contributed by atoms with Crippen molar-refractivity contribution in [1.82, 2.24) is 5.32 Å². The minimum Gasteiger partial charge on any atom is -0.444 e. The van der Waals surface area contributed by atoms with E-state index in [0.717, 1.165) is 11.1 Å². The molecule has 2 N–H and O–H groups in total. The van der Waals surface area contributed by atoms with Gasteiger partial charge in [0, 0.05) is 5.69 Å². The largest absolute Gasteiger partial charge is 0.444 e. The Morgan fingerprint density at radius 2 is 1.96 bits per heavy atom. The van der Waals surface area contributed by atoms with E-state index in [4.69, 9.17) is 27.9 Å². The van der Waals surface area contributed by atoms with Gasteiger partial charge in [0.15, 0.2) is 0 Å². The molecular weight excluding hydrogens is 387 g/mol. The van der Waals surface area contributed by atoms with E-state index in [1.807, 2.05) is 45.9 Å². The van der Waals surface area contributed by atoms with Gasteiger partial charge in [-0.3, -0.25) is 10.1 Å². The van der Waals surface area contributed by atoms with Crippen molar-refractivity contribution in [3.8, 4) is 0 Å². The number of anilines is 1. The van der Waals surface area contributed by atoms with Crippen LogP contribution in [0.3, 0.4) is 0 Å². The van der Waals surface area contributed by atoms with Gasteiger partial charge in [-0.2, -0.15) is 0 Å². The third-order valence-corrected chi connectivity index (χ3v) is 5.46. The molecule has 27 heavy (non-hydrogen) atoms. The minimum absolute atomic E-state index is 0.00585. The number of benzene rings is 1. The van der Waals surface area contributed by atoms with Crippen LogP contribution in [0.1, 0.15) is 31.9 Å². The fourth-order valence-corrected chi connectivity index (χ4v) is 3.50. The number of carbonyl (C=O) groups excluding carboxylic acids is 2. The van der Waals surface area contributed by atoms with Crippen molar-refractivity contribution in [2.75, 3.05) is 11.9 Å². The Balaban J connectivity index is 1.81. The summed E-state index contributed by atoms with van der Waals surface area (Å²) < 4.78 is 5.49. The highest BCUT2D eigenvalue weighted by Crippen LogP contribution is 2.59. The van der Waals surface area contributed by atoms with E-state index in [2.05, 4.69) is 10.6 Å². The number of hydrogen-bond acceptors (Lipinski definition) is 3. The highest BCUT2D eigenvalue weighted by Gasteiger charge is 2.60. The number of carbonyl (C=O) groups is 2. The molecule has 1 aromatic carbocycles. The van der Waals surface area contributed by atoms with Gasteiger partial charge in [-0.1, -0.05) is 49.2 Å². The fourth-order valence-electron chi connectivity index (χ4n) is 3.23. The van der Waals surface area contributed by atoms with Crippen molar-refractivity contribution in [2.45, 2.75) is 40.7 Å². The Kier molecular flexibility index (Phi) is 6.82. The summed E-state index contributed by atoms with van der Waals surface area (Å²) in [6, 6.07) is 5.67. The molecule has 0 spiro atoms. The van der Waals surface area contributed by atoms with E-state index in [-0.39, 0.29) is 34.2 Å². The van der Waals surface area contributed by atoms with Crippen LogP contribution in [0.25, 0.3) is 0 Å². The predicted molar refractivity (Wildman–Crippen MR) is 109 cm³/mol. The molecule has 0 radical (unpaired) electrons. The molecule has 0 aliphatic heterocycles. The van der Waals surface area contributed by atoms with E-state index >= 15 is 0 Å². The average Bonchev–Trinajstić information content (AvgIpc) is 3.09. The summed E-state index contributed by atoms with van der Waals surface area (Å²) in [5.74, 6) is -0.284. The number of halogens is 2. The number of aryl methyl sites for hydroxylation is 1. The first-order valence-electron chi connectivity index (χ1n) is 8.88. The van der Waals surface area contributed by atoms with Crippen molar-refractivity contribution in [3.05, 3.63) is 39.9 Å². The predicted octanol–water partition coefficient (Wildman–Crippen LogP) is 4.95. The van der Waals surface area contributed by atoms with Crippen LogP contribution >= 0.6 is 23.2 Å². The minimum atomic E-state index is -0.549. The Morgan fingerprint density at radius 3 is 2.59 bits per heavy atom. The van der Waals surface area contributed by atoms with Crippen LogP contribution in [0.2, 0.25) is 0 Å². The van der Waals surface area contributed by atoms with Crippen LogP contribution in [0.15, 0.2) is 28.8 Å². The van der Waals surface area contributed by atoms with Crippen molar-refractivity contribution < 1.29 is 14.3 Å². The van der Waals surface area contributed by atoms with Crippen molar-refractivity contribution >= 4 is 40.9 Å². The first kappa shape index (κ1) is 21.6. The molecule has 0 heterocycles. The molecule has 0 saturated heterocycles. The molecule has 0 aromatic heterocycles. The molecule has 148 valence electrons. The summed E-state index contributed by atoms with van der Waals surface area (Å²) in [4.78, 5) is 24.5. The summed E-state index contributed by atoms with van der Waals surface area (Å²) in [7, 11) is 0. The molecule has 7 heteroatoms. The summed E-state index contributed by atoms with van der Waals surface area (Å²) in [6.45, 7) is 9.86. The lowest BCUT2D eigenvalue weighted by Crippen LogP contribution is -2.35. The summed E-state index contributed by atoms with van der Waals surface area (Å²) >= 11 is 11.4. The van der Waals surface area contributed by atoms with Crippen molar-refractivity contribution in [2.24, 2.45) is 17.3 Å². The van der Waals surface area contributed by atoms with Crippen LogP contribution in [-0.2, 0) is 9.53 Å². The number of hydrogen-bond donors (Lipinski definition) is 2. The highest BCUT2D eigenvalue weighted by molar-refractivity contribution is 6.55. The van der Waals surface area contributed by atoms with Gasteiger partial charge in [-0.25, -0.2) is 4.79 Å². The van der Waals surface area contributed by atoms with Crippen LogP contribution in [0, 0.1) is 31.1 Å². The molecule has 2 rings (SSSR count). The fraction of sp³-hybridized carbons (Fsp3) is 0.500. The van der Waals surface area contributed by atoms with Crippen molar-refractivity contribution in [1.29, 1.82) is 0 Å². The first-order valence-corrected chi connectivity index (χ1v) is 9.64. The van der Waals surface area contributed by atoms with E-state index < -0.39 is 12.2 Å². The lowest BCUT2D eigenvalue weighted by molar-refractivity contribution is -0.123. The molecular formula is C20H26Cl2N2O3. The van der Waals surface area contributed by atoms with Gasteiger partial charge in [0.25, 0.3) is 0 Å². The number of rotatable bonds is 6. The van der Waals surface area contributed by atoms with E-state index in [1.54, 1.807) is 13.0 Å². The molecule has 1 saturated carbocycles. The normalized spacial score (nSPS) is 21.0. The zero-order chi connectivity index (χ0) is 20.4. The summed E-state index contributed by atoms with van der Waals surface area (Å²) in [5, 5.41) is 5.57.